The molecule has 106 valence electrons. The van der Waals surface area contributed by atoms with E-state index in [9.17, 15) is 4.39 Å². The normalized spacial score (nSPS) is 10.4. The van der Waals surface area contributed by atoms with Crippen LogP contribution in [0.5, 0.6) is 11.5 Å². The Kier molecular flexibility index (Phi) is 4.58. The summed E-state index contributed by atoms with van der Waals surface area (Å²) in [6, 6.07) is 10.2. The van der Waals surface area contributed by atoms with Crippen LogP contribution in [0.2, 0.25) is 0 Å². The van der Waals surface area contributed by atoms with Crippen LogP contribution in [-0.2, 0) is 6.42 Å². The molecule has 0 atom stereocenters. The molecule has 2 aromatic rings. The van der Waals surface area contributed by atoms with E-state index in [4.69, 9.17) is 15.2 Å². The molecule has 2 N–H and O–H groups in total. The van der Waals surface area contributed by atoms with Crippen molar-refractivity contribution in [3.05, 3.63) is 47.8 Å². The predicted octanol–water partition coefficient (Wildman–Crippen LogP) is 3.01. The topological polar surface area (TPSA) is 44.5 Å². The third kappa shape index (κ3) is 2.91. The molecular weight excluding hydrogens is 257 g/mol. The Bertz CT molecular complexity index is 599. The van der Waals surface area contributed by atoms with Gasteiger partial charge in [-0.15, -0.1) is 0 Å². The largest absolute Gasteiger partial charge is 0.496 e. The number of benzene rings is 2. The fraction of sp³-hybridized carbons (Fsp3) is 0.250. The van der Waals surface area contributed by atoms with Crippen molar-refractivity contribution in [3.63, 3.8) is 0 Å². The van der Waals surface area contributed by atoms with Gasteiger partial charge in [0.2, 0.25) is 0 Å². The smallest absolute Gasteiger partial charge is 0.127 e. The van der Waals surface area contributed by atoms with Gasteiger partial charge in [-0.05, 0) is 48.9 Å². The summed E-state index contributed by atoms with van der Waals surface area (Å²) in [6.07, 6.45) is 0.759. The molecule has 2 rings (SSSR count). The lowest BCUT2D eigenvalue weighted by Gasteiger charge is -2.14. The van der Waals surface area contributed by atoms with Gasteiger partial charge in [-0.2, -0.15) is 0 Å². The molecule has 0 unspecified atom stereocenters. The Morgan fingerprint density at radius 2 is 1.55 bits per heavy atom. The van der Waals surface area contributed by atoms with Crippen molar-refractivity contribution in [1.29, 1.82) is 0 Å². The number of ether oxygens (including phenoxy) is 2. The van der Waals surface area contributed by atoms with Crippen LogP contribution >= 0.6 is 0 Å². The molecule has 2 aromatic carbocycles. The number of halogens is 1. The Morgan fingerprint density at radius 3 is 2.15 bits per heavy atom. The van der Waals surface area contributed by atoms with Gasteiger partial charge in [0.05, 0.1) is 14.2 Å². The summed E-state index contributed by atoms with van der Waals surface area (Å²) in [5, 5.41) is 0. The van der Waals surface area contributed by atoms with Gasteiger partial charge in [-0.25, -0.2) is 4.39 Å². The fourth-order valence-electron chi connectivity index (χ4n) is 2.18. The summed E-state index contributed by atoms with van der Waals surface area (Å²) in [4.78, 5) is 0. The quantitative estimate of drug-likeness (QED) is 0.912. The van der Waals surface area contributed by atoms with Crippen molar-refractivity contribution in [2.45, 2.75) is 6.42 Å². The summed E-state index contributed by atoms with van der Waals surface area (Å²) < 4.78 is 24.2. The van der Waals surface area contributed by atoms with E-state index in [2.05, 4.69) is 0 Å². The summed E-state index contributed by atoms with van der Waals surface area (Å²) in [6.45, 7) is 0.562. The van der Waals surface area contributed by atoms with E-state index in [1.165, 1.54) is 12.1 Å². The number of methoxy groups -OCH3 is 2. The van der Waals surface area contributed by atoms with Crippen molar-refractivity contribution < 1.29 is 13.9 Å². The van der Waals surface area contributed by atoms with E-state index in [-0.39, 0.29) is 5.82 Å². The van der Waals surface area contributed by atoms with Crippen LogP contribution in [0.3, 0.4) is 0 Å². The van der Waals surface area contributed by atoms with Gasteiger partial charge in [0.25, 0.3) is 0 Å². The molecule has 0 spiro atoms. The molecule has 0 bridgehead atoms. The van der Waals surface area contributed by atoms with Crippen LogP contribution in [0.15, 0.2) is 36.4 Å². The highest BCUT2D eigenvalue weighted by Gasteiger charge is 2.13. The predicted molar refractivity (Wildman–Crippen MR) is 77.7 cm³/mol. The number of rotatable bonds is 5. The lowest BCUT2D eigenvalue weighted by molar-refractivity contribution is 0.409. The third-order valence-corrected chi connectivity index (χ3v) is 3.15. The van der Waals surface area contributed by atoms with E-state index in [1.54, 1.807) is 20.3 Å². The molecule has 0 aliphatic rings. The summed E-state index contributed by atoms with van der Waals surface area (Å²) in [5.74, 6) is 0.969. The van der Waals surface area contributed by atoms with Gasteiger partial charge in [-0.1, -0.05) is 6.07 Å². The van der Waals surface area contributed by atoms with E-state index >= 15 is 0 Å². The first kappa shape index (κ1) is 14.3. The summed E-state index contributed by atoms with van der Waals surface area (Å²) >= 11 is 0. The molecule has 0 fully saturated rings. The second-order valence-corrected chi connectivity index (χ2v) is 4.42. The molecule has 0 heterocycles. The minimum absolute atomic E-state index is 0.313. The second-order valence-electron chi connectivity index (χ2n) is 4.42. The highest BCUT2D eigenvalue weighted by molar-refractivity contribution is 5.76. The highest BCUT2D eigenvalue weighted by Crippen LogP contribution is 2.37. The molecule has 3 nitrogen and oxygen atoms in total. The van der Waals surface area contributed by atoms with Crippen molar-refractivity contribution in [2.75, 3.05) is 20.8 Å². The Balaban J connectivity index is 2.60. The number of nitrogens with two attached hydrogens (primary N) is 1. The third-order valence-electron chi connectivity index (χ3n) is 3.15. The second kappa shape index (κ2) is 6.39. The fourth-order valence-corrected chi connectivity index (χ4v) is 2.18. The molecule has 0 amide bonds. The minimum atomic E-state index is -0.313. The molecule has 4 heteroatoms. The van der Waals surface area contributed by atoms with Gasteiger partial charge >= 0.3 is 0 Å². The molecule has 0 aliphatic carbocycles. The maximum Gasteiger partial charge on any atom is 0.127 e. The first-order chi connectivity index (χ1) is 9.69. The van der Waals surface area contributed by atoms with E-state index < -0.39 is 0 Å². The lowest BCUT2D eigenvalue weighted by Crippen LogP contribution is -2.03. The van der Waals surface area contributed by atoms with Crippen LogP contribution < -0.4 is 15.2 Å². The number of hydrogen-bond acceptors (Lipinski definition) is 3. The Hall–Kier alpha value is -2.07. The van der Waals surface area contributed by atoms with Crippen LogP contribution in [0.1, 0.15) is 5.56 Å². The molecule has 0 radical (unpaired) electrons. The summed E-state index contributed by atoms with van der Waals surface area (Å²) in [5.41, 5.74) is 8.13. The Labute approximate surface area is 118 Å². The van der Waals surface area contributed by atoms with Gasteiger partial charge in [-0.3, -0.25) is 0 Å². The van der Waals surface area contributed by atoms with Gasteiger partial charge < -0.3 is 15.2 Å². The maximum absolute atomic E-state index is 13.5. The molecular formula is C16H18FNO2. The standard InChI is InChI=1S/C16H18FNO2/c1-19-15-5-3-11(7-8-18)9-13(15)14-10-12(17)4-6-16(14)20-2/h3-6,9-10H,7-8,18H2,1-2H3. The average molecular weight is 275 g/mol. The summed E-state index contributed by atoms with van der Waals surface area (Å²) in [7, 11) is 3.15. The molecule has 0 aromatic heterocycles. The zero-order valence-corrected chi connectivity index (χ0v) is 11.7. The van der Waals surface area contributed by atoms with Crippen molar-refractivity contribution in [3.8, 4) is 22.6 Å². The average Bonchev–Trinajstić information content (AvgIpc) is 2.47. The van der Waals surface area contributed by atoms with Gasteiger partial charge in [0.1, 0.15) is 17.3 Å². The number of hydrogen-bond donors (Lipinski definition) is 1. The monoisotopic (exact) mass is 275 g/mol. The van der Waals surface area contributed by atoms with Crippen molar-refractivity contribution in [2.24, 2.45) is 5.73 Å². The first-order valence-electron chi connectivity index (χ1n) is 6.40. The molecule has 0 aliphatic heterocycles. The lowest BCUT2D eigenvalue weighted by atomic mass is 9.99. The van der Waals surface area contributed by atoms with E-state index in [1.807, 2.05) is 18.2 Å². The van der Waals surface area contributed by atoms with Crippen LogP contribution in [0, 0.1) is 5.82 Å². The van der Waals surface area contributed by atoms with Crippen LogP contribution in [-0.4, -0.2) is 20.8 Å². The minimum Gasteiger partial charge on any atom is -0.496 e. The van der Waals surface area contributed by atoms with Crippen molar-refractivity contribution >= 4 is 0 Å². The zero-order valence-electron chi connectivity index (χ0n) is 11.7. The van der Waals surface area contributed by atoms with Crippen LogP contribution in [0.4, 0.5) is 4.39 Å². The molecule has 0 saturated heterocycles. The van der Waals surface area contributed by atoms with Gasteiger partial charge in [0.15, 0.2) is 0 Å². The van der Waals surface area contributed by atoms with E-state index in [0.717, 1.165) is 17.5 Å². The highest BCUT2D eigenvalue weighted by atomic mass is 19.1. The maximum atomic E-state index is 13.5. The molecule has 0 saturated carbocycles. The van der Waals surface area contributed by atoms with Gasteiger partial charge in [0, 0.05) is 11.1 Å². The van der Waals surface area contributed by atoms with Crippen LogP contribution in [0.25, 0.3) is 11.1 Å². The molecule has 20 heavy (non-hydrogen) atoms. The Morgan fingerprint density at radius 1 is 0.950 bits per heavy atom. The first-order valence-corrected chi connectivity index (χ1v) is 6.40. The zero-order chi connectivity index (χ0) is 14.5. The van der Waals surface area contributed by atoms with E-state index in [0.29, 0.717) is 23.6 Å². The SMILES string of the molecule is COc1ccc(F)cc1-c1cc(CCN)ccc1OC. The van der Waals surface area contributed by atoms with Crippen molar-refractivity contribution in [1.82, 2.24) is 0 Å².